The maximum Gasteiger partial charge on any atom is 0.410 e. The Balaban J connectivity index is 0. The lowest BCUT2D eigenvalue weighted by Gasteiger charge is -2.31. The van der Waals surface area contributed by atoms with Gasteiger partial charge in [-0.3, -0.25) is 4.90 Å². The molecule has 0 fully saturated rings. The lowest BCUT2D eigenvalue weighted by atomic mass is 9.87. The molecular formula is C26H50N2O7. The van der Waals surface area contributed by atoms with Crippen molar-refractivity contribution in [3.05, 3.63) is 0 Å². The molecule has 9 nitrogen and oxygen atoms in total. The Kier molecular flexibility index (Phi) is 13.1. The maximum absolute atomic E-state index is 11.8. The Morgan fingerprint density at radius 2 is 1.06 bits per heavy atom. The van der Waals surface area contributed by atoms with Crippen molar-refractivity contribution in [2.24, 2.45) is 10.8 Å². The highest BCUT2D eigenvalue weighted by Gasteiger charge is 2.33. The third-order valence-corrected chi connectivity index (χ3v) is 4.40. The van der Waals surface area contributed by atoms with Crippen LogP contribution in [0.3, 0.4) is 0 Å². The summed E-state index contributed by atoms with van der Waals surface area (Å²) in [6, 6.07) is -1.32. The van der Waals surface area contributed by atoms with Gasteiger partial charge in [-0.05, 0) is 65.2 Å². The molecule has 0 aliphatic carbocycles. The van der Waals surface area contributed by atoms with Crippen molar-refractivity contribution < 1.29 is 33.8 Å². The van der Waals surface area contributed by atoms with Gasteiger partial charge in [-0.25, -0.2) is 14.4 Å². The molecule has 0 radical (unpaired) electrons. The van der Waals surface area contributed by atoms with Gasteiger partial charge in [0.2, 0.25) is 0 Å². The van der Waals surface area contributed by atoms with E-state index in [1.807, 2.05) is 41.5 Å². The molecule has 35 heavy (non-hydrogen) atoms. The van der Waals surface area contributed by atoms with Gasteiger partial charge in [0, 0.05) is 14.1 Å². The van der Waals surface area contributed by atoms with E-state index in [4.69, 9.17) is 9.47 Å². The fraction of sp³-hybridized carbons (Fsp3) is 0.846. The van der Waals surface area contributed by atoms with E-state index in [2.05, 4.69) is 0 Å². The topological polar surface area (TPSA) is 113 Å². The molecule has 0 aromatic carbocycles. The van der Waals surface area contributed by atoms with Crippen LogP contribution in [0.25, 0.3) is 0 Å². The van der Waals surface area contributed by atoms with E-state index in [0.29, 0.717) is 12.8 Å². The molecule has 0 heterocycles. The molecule has 2 amide bonds. The summed E-state index contributed by atoms with van der Waals surface area (Å²) in [6.45, 7) is 22.6. The van der Waals surface area contributed by atoms with Gasteiger partial charge in [-0.15, -0.1) is 0 Å². The minimum absolute atomic E-state index is 0.0121. The first-order chi connectivity index (χ1) is 15.3. The molecular weight excluding hydrogens is 452 g/mol. The Labute approximate surface area is 212 Å². The summed E-state index contributed by atoms with van der Waals surface area (Å²) in [4.78, 5) is 48.4. The molecule has 0 spiro atoms. The summed E-state index contributed by atoms with van der Waals surface area (Å²) in [6.07, 6.45) is 0.720. The number of hydrogen-bond acceptors (Lipinski definition) is 6. The van der Waals surface area contributed by atoms with Gasteiger partial charge in [0.1, 0.15) is 23.5 Å². The van der Waals surface area contributed by atoms with Crippen LogP contribution in [0.5, 0.6) is 0 Å². The molecule has 0 saturated heterocycles. The second kappa shape index (κ2) is 13.1. The number of likely N-dealkylation sites (N-methyl/N-ethyl adjacent to an activating group) is 2. The van der Waals surface area contributed by atoms with E-state index in [-0.39, 0.29) is 10.8 Å². The van der Waals surface area contributed by atoms with Gasteiger partial charge in [0.05, 0.1) is 6.04 Å². The molecule has 1 N–H and O–H groups in total. The van der Waals surface area contributed by atoms with Crippen molar-refractivity contribution in [2.45, 2.75) is 119 Å². The number of carboxylic acid groups (broad SMARTS) is 1. The van der Waals surface area contributed by atoms with Crippen LogP contribution in [0.1, 0.15) is 95.9 Å². The minimum Gasteiger partial charge on any atom is -0.480 e. The Morgan fingerprint density at radius 1 is 0.714 bits per heavy atom. The molecule has 0 aliphatic heterocycles. The van der Waals surface area contributed by atoms with Crippen LogP contribution in [0.2, 0.25) is 0 Å². The molecule has 0 unspecified atom stereocenters. The fourth-order valence-electron chi connectivity index (χ4n) is 2.80. The van der Waals surface area contributed by atoms with Crippen molar-refractivity contribution in [3.63, 3.8) is 0 Å². The number of amides is 2. The predicted octanol–water partition coefficient (Wildman–Crippen LogP) is 5.60. The highest BCUT2D eigenvalue weighted by atomic mass is 16.6. The van der Waals surface area contributed by atoms with Crippen LogP contribution < -0.4 is 0 Å². The van der Waals surface area contributed by atoms with Gasteiger partial charge in [-0.1, -0.05) is 41.5 Å². The van der Waals surface area contributed by atoms with Crippen molar-refractivity contribution in [3.8, 4) is 0 Å². The third kappa shape index (κ3) is 17.7. The molecule has 0 bridgehead atoms. The van der Waals surface area contributed by atoms with Crippen LogP contribution in [-0.4, -0.2) is 76.7 Å². The number of aliphatic carboxylic acids is 1. The highest BCUT2D eigenvalue weighted by Crippen LogP contribution is 2.25. The van der Waals surface area contributed by atoms with E-state index in [0.717, 1.165) is 11.2 Å². The molecule has 0 aromatic rings. The number of hydrogen-bond donors (Lipinski definition) is 1. The Morgan fingerprint density at radius 3 is 1.31 bits per heavy atom. The first-order valence-corrected chi connectivity index (χ1v) is 11.9. The number of nitrogens with zero attached hydrogens (tertiary/aromatic N) is 2. The predicted molar refractivity (Wildman–Crippen MR) is 137 cm³/mol. The monoisotopic (exact) mass is 502 g/mol. The quantitative estimate of drug-likeness (QED) is 0.470. The number of carbonyl (C=O) groups is 4. The fourth-order valence-corrected chi connectivity index (χ4v) is 2.80. The van der Waals surface area contributed by atoms with Crippen molar-refractivity contribution in [1.82, 2.24) is 9.80 Å². The average Bonchev–Trinajstić information content (AvgIpc) is 2.59. The summed E-state index contributed by atoms with van der Waals surface area (Å²) >= 11 is 0. The van der Waals surface area contributed by atoms with Crippen molar-refractivity contribution in [2.75, 3.05) is 14.1 Å². The second-order valence-corrected chi connectivity index (χ2v) is 13.3. The summed E-state index contributed by atoms with van der Waals surface area (Å²) in [5.41, 5.74) is -1.36. The van der Waals surface area contributed by atoms with Gasteiger partial charge < -0.3 is 24.3 Å². The number of aldehydes is 1. The Bertz CT molecular complexity index is 707. The van der Waals surface area contributed by atoms with E-state index in [1.165, 1.54) is 11.9 Å². The summed E-state index contributed by atoms with van der Waals surface area (Å²) in [7, 11) is 3.05. The zero-order valence-electron chi connectivity index (χ0n) is 24.4. The largest absolute Gasteiger partial charge is 0.480 e. The van der Waals surface area contributed by atoms with Crippen molar-refractivity contribution >= 4 is 24.4 Å². The van der Waals surface area contributed by atoms with Crippen molar-refractivity contribution in [1.29, 1.82) is 0 Å². The van der Waals surface area contributed by atoms with E-state index < -0.39 is 41.4 Å². The molecule has 0 rings (SSSR count). The molecule has 9 heteroatoms. The van der Waals surface area contributed by atoms with E-state index in [1.54, 1.807) is 48.6 Å². The number of carboxylic acids is 1. The summed E-state index contributed by atoms with van der Waals surface area (Å²) in [5.74, 6) is -1.02. The first kappa shape index (κ1) is 34.8. The van der Waals surface area contributed by atoms with Gasteiger partial charge in [0.25, 0.3) is 0 Å². The lowest BCUT2D eigenvalue weighted by Crippen LogP contribution is -2.46. The molecule has 2 atom stereocenters. The molecule has 0 aromatic heterocycles. The van der Waals surface area contributed by atoms with E-state index in [9.17, 15) is 24.3 Å². The molecule has 0 aliphatic rings. The summed E-state index contributed by atoms with van der Waals surface area (Å²) < 4.78 is 10.4. The second-order valence-electron chi connectivity index (χ2n) is 13.3. The van der Waals surface area contributed by atoms with Crippen LogP contribution >= 0.6 is 0 Å². The van der Waals surface area contributed by atoms with Gasteiger partial charge in [-0.2, -0.15) is 0 Å². The van der Waals surface area contributed by atoms with Crippen LogP contribution in [0.15, 0.2) is 0 Å². The maximum atomic E-state index is 11.8. The zero-order chi connectivity index (χ0) is 28.6. The normalized spacial score (nSPS) is 14.0. The minimum atomic E-state index is -1.02. The molecule has 206 valence electrons. The smallest absolute Gasteiger partial charge is 0.410 e. The van der Waals surface area contributed by atoms with Crippen LogP contribution in [0, 0.1) is 10.8 Å². The molecule has 0 saturated carbocycles. The zero-order valence-corrected chi connectivity index (χ0v) is 24.4. The highest BCUT2D eigenvalue weighted by molar-refractivity contribution is 5.80. The Hall–Kier alpha value is -2.32. The average molecular weight is 503 g/mol. The van der Waals surface area contributed by atoms with Crippen LogP contribution in [0.4, 0.5) is 9.59 Å². The lowest BCUT2D eigenvalue weighted by molar-refractivity contribution is -0.143. The SMILES string of the molecule is CN(C(=O)OC(C)(C)C)[C@@H](CC(C)(C)C)C(=O)O.CN(C(=O)OC(C)(C)C)[C@H](C=O)CC(C)(C)C. The number of ether oxygens (including phenoxy) is 2. The van der Waals surface area contributed by atoms with E-state index >= 15 is 0 Å². The number of carbonyl (C=O) groups excluding carboxylic acids is 3. The first-order valence-electron chi connectivity index (χ1n) is 11.9. The van der Waals surface area contributed by atoms with Crippen LogP contribution in [-0.2, 0) is 19.1 Å². The number of rotatable bonds is 6. The standard InChI is InChI=1S/C13H25NO4.C13H25NO3/c1-12(2,3)8-9(10(15)16)14(7)11(17)18-13(4,5)6;1-12(2,3)8-10(9-15)14(7)11(16)17-13(4,5)6/h9H,8H2,1-7H3,(H,15,16);9-10H,8H2,1-7H3/t9-;10-/m00/s1. The van der Waals surface area contributed by atoms with Gasteiger partial charge in [0.15, 0.2) is 0 Å². The van der Waals surface area contributed by atoms with Gasteiger partial charge >= 0.3 is 18.2 Å². The third-order valence-electron chi connectivity index (χ3n) is 4.40. The summed E-state index contributed by atoms with van der Waals surface area (Å²) in [5, 5.41) is 9.20.